The van der Waals surface area contributed by atoms with Crippen molar-refractivity contribution >= 4 is 0 Å². The number of rotatable bonds is 0. The van der Waals surface area contributed by atoms with E-state index in [2.05, 4.69) is 27.7 Å². The molecule has 3 rings (SSSR count). The molecule has 0 aromatic carbocycles. The Hall–Kier alpha value is -0.0400. The summed E-state index contributed by atoms with van der Waals surface area (Å²) in [6, 6.07) is 0. The Morgan fingerprint density at radius 3 is 2.44 bits per heavy atom. The highest BCUT2D eigenvalue weighted by molar-refractivity contribution is 5.16. The molecule has 0 radical (unpaired) electrons. The van der Waals surface area contributed by atoms with Crippen molar-refractivity contribution in [2.24, 2.45) is 28.6 Å². The Morgan fingerprint density at radius 1 is 1.06 bits per heavy atom. The molecule has 0 aromatic heterocycles. The fraction of sp³-hybridized carbons (Fsp3) is 1.00. The van der Waals surface area contributed by atoms with Crippen LogP contribution in [0.1, 0.15) is 59.8 Å². The van der Waals surface area contributed by atoms with Gasteiger partial charge in [0.15, 0.2) is 0 Å². The van der Waals surface area contributed by atoms with E-state index in [9.17, 15) is 5.11 Å². The molecule has 5 atom stereocenters. The molecule has 0 saturated heterocycles. The van der Waals surface area contributed by atoms with Crippen molar-refractivity contribution in [3.8, 4) is 0 Å². The van der Waals surface area contributed by atoms with Crippen LogP contribution in [-0.2, 0) is 0 Å². The lowest BCUT2D eigenvalue weighted by Gasteiger charge is -2.40. The summed E-state index contributed by atoms with van der Waals surface area (Å²) in [6.45, 7) is 9.42. The average molecular weight is 222 g/mol. The minimum Gasteiger partial charge on any atom is -0.389 e. The quantitative estimate of drug-likeness (QED) is 0.664. The molecule has 0 aliphatic heterocycles. The van der Waals surface area contributed by atoms with Gasteiger partial charge >= 0.3 is 0 Å². The summed E-state index contributed by atoms with van der Waals surface area (Å²) in [7, 11) is 0. The zero-order chi connectivity index (χ0) is 11.8. The van der Waals surface area contributed by atoms with E-state index < -0.39 is 0 Å². The van der Waals surface area contributed by atoms with Crippen LogP contribution < -0.4 is 0 Å². The highest BCUT2D eigenvalue weighted by atomic mass is 16.3. The van der Waals surface area contributed by atoms with Gasteiger partial charge in [-0.1, -0.05) is 27.7 Å². The van der Waals surface area contributed by atoms with Gasteiger partial charge in [0, 0.05) is 0 Å². The first kappa shape index (κ1) is 11.1. The van der Waals surface area contributed by atoms with Gasteiger partial charge in [0.1, 0.15) is 0 Å². The number of hydrogen-bond acceptors (Lipinski definition) is 1. The SMILES string of the molecule is C[C@@H]1CC[C@H]2[C@]3(C)C[C@@H]3CC(C)(C)C[C@@]12O. The molecule has 1 heteroatoms. The molecule has 0 heterocycles. The van der Waals surface area contributed by atoms with Gasteiger partial charge in [-0.15, -0.1) is 0 Å². The minimum atomic E-state index is -0.358. The fourth-order valence-corrected chi connectivity index (χ4v) is 5.17. The summed E-state index contributed by atoms with van der Waals surface area (Å²) in [5, 5.41) is 11.2. The van der Waals surface area contributed by atoms with Crippen molar-refractivity contribution in [2.75, 3.05) is 0 Å². The Labute approximate surface area is 99.6 Å². The second kappa shape index (κ2) is 2.85. The van der Waals surface area contributed by atoms with E-state index in [4.69, 9.17) is 0 Å². The maximum absolute atomic E-state index is 11.2. The lowest BCUT2D eigenvalue weighted by molar-refractivity contribution is -0.0747. The van der Waals surface area contributed by atoms with Crippen molar-refractivity contribution in [3.63, 3.8) is 0 Å². The van der Waals surface area contributed by atoms with Crippen LogP contribution in [0, 0.1) is 28.6 Å². The summed E-state index contributed by atoms with van der Waals surface area (Å²) in [4.78, 5) is 0. The van der Waals surface area contributed by atoms with Gasteiger partial charge in [-0.05, 0) is 60.7 Å². The van der Waals surface area contributed by atoms with E-state index >= 15 is 0 Å². The molecule has 3 aliphatic carbocycles. The molecule has 0 bridgehead atoms. The van der Waals surface area contributed by atoms with Crippen molar-refractivity contribution in [2.45, 2.75) is 65.4 Å². The van der Waals surface area contributed by atoms with Crippen LogP contribution in [0.25, 0.3) is 0 Å². The van der Waals surface area contributed by atoms with E-state index in [0.29, 0.717) is 22.7 Å². The number of hydrogen-bond donors (Lipinski definition) is 1. The summed E-state index contributed by atoms with van der Waals surface area (Å²) in [5.74, 6) is 1.99. The summed E-state index contributed by atoms with van der Waals surface area (Å²) < 4.78 is 0. The monoisotopic (exact) mass is 222 g/mol. The molecular weight excluding hydrogens is 196 g/mol. The van der Waals surface area contributed by atoms with Crippen LogP contribution in [-0.4, -0.2) is 10.7 Å². The van der Waals surface area contributed by atoms with Crippen LogP contribution >= 0.6 is 0 Å². The molecule has 0 unspecified atom stereocenters. The summed E-state index contributed by atoms with van der Waals surface area (Å²) in [6.07, 6.45) is 6.23. The summed E-state index contributed by atoms with van der Waals surface area (Å²) in [5.41, 5.74) is 0.460. The first-order chi connectivity index (χ1) is 7.28. The van der Waals surface area contributed by atoms with Gasteiger partial charge in [0.25, 0.3) is 0 Å². The molecule has 3 saturated carbocycles. The molecule has 1 nitrogen and oxygen atoms in total. The largest absolute Gasteiger partial charge is 0.389 e. The third kappa shape index (κ3) is 1.27. The zero-order valence-electron chi connectivity index (χ0n) is 11.2. The Kier molecular flexibility index (Phi) is 1.98. The maximum Gasteiger partial charge on any atom is 0.0711 e. The van der Waals surface area contributed by atoms with Crippen molar-refractivity contribution in [3.05, 3.63) is 0 Å². The van der Waals surface area contributed by atoms with E-state index in [1.54, 1.807) is 0 Å². The minimum absolute atomic E-state index is 0.338. The molecule has 0 spiro atoms. The van der Waals surface area contributed by atoms with Crippen LogP contribution in [0.5, 0.6) is 0 Å². The molecule has 92 valence electrons. The summed E-state index contributed by atoms with van der Waals surface area (Å²) >= 11 is 0. The van der Waals surface area contributed by atoms with Crippen LogP contribution in [0.15, 0.2) is 0 Å². The van der Waals surface area contributed by atoms with E-state index in [1.807, 2.05) is 0 Å². The molecule has 16 heavy (non-hydrogen) atoms. The third-order valence-electron chi connectivity index (χ3n) is 6.16. The van der Waals surface area contributed by atoms with Gasteiger partial charge in [-0.3, -0.25) is 0 Å². The van der Waals surface area contributed by atoms with E-state index in [-0.39, 0.29) is 5.60 Å². The van der Waals surface area contributed by atoms with Gasteiger partial charge in [-0.25, -0.2) is 0 Å². The first-order valence-corrected chi connectivity index (χ1v) is 7.00. The molecule has 0 aromatic rings. The van der Waals surface area contributed by atoms with Crippen molar-refractivity contribution in [1.29, 1.82) is 0 Å². The normalized spacial score (nSPS) is 58.7. The molecular formula is C15H26O. The third-order valence-corrected chi connectivity index (χ3v) is 6.16. The molecule has 3 fully saturated rings. The van der Waals surface area contributed by atoms with Gasteiger partial charge in [-0.2, -0.15) is 0 Å². The standard InChI is InChI=1S/C15H26O/c1-10-5-6-12-14(4)8-11(14)7-13(2,3)9-15(10,12)16/h10-12,16H,5-9H2,1-4H3/t10-,11+,12+,14-,15-/m1/s1. The fourth-order valence-electron chi connectivity index (χ4n) is 5.17. The smallest absolute Gasteiger partial charge is 0.0711 e. The van der Waals surface area contributed by atoms with Crippen LogP contribution in [0.4, 0.5) is 0 Å². The van der Waals surface area contributed by atoms with Gasteiger partial charge < -0.3 is 5.11 Å². The zero-order valence-corrected chi connectivity index (χ0v) is 11.2. The molecule has 0 amide bonds. The lowest BCUT2D eigenvalue weighted by Crippen LogP contribution is -2.44. The maximum atomic E-state index is 11.2. The number of fused-ring (bicyclic) bond motifs is 3. The van der Waals surface area contributed by atoms with Gasteiger partial charge in [0.2, 0.25) is 0 Å². The molecule has 3 aliphatic rings. The first-order valence-electron chi connectivity index (χ1n) is 7.00. The van der Waals surface area contributed by atoms with E-state index in [1.165, 1.54) is 25.7 Å². The highest BCUT2D eigenvalue weighted by Crippen LogP contribution is 2.71. The topological polar surface area (TPSA) is 20.2 Å². The second-order valence-corrected chi connectivity index (χ2v) is 7.97. The average Bonchev–Trinajstić information content (AvgIpc) is 2.64. The lowest BCUT2D eigenvalue weighted by atomic mass is 9.70. The molecule has 1 N–H and O–H groups in total. The van der Waals surface area contributed by atoms with Crippen LogP contribution in [0.3, 0.4) is 0 Å². The number of aliphatic hydroxyl groups is 1. The van der Waals surface area contributed by atoms with E-state index in [0.717, 1.165) is 12.3 Å². The Morgan fingerprint density at radius 2 is 1.75 bits per heavy atom. The Bertz CT molecular complexity index is 321. The second-order valence-electron chi connectivity index (χ2n) is 7.97. The van der Waals surface area contributed by atoms with Gasteiger partial charge in [0.05, 0.1) is 5.60 Å². The predicted octanol–water partition coefficient (Wildman–Crippen LogP) is 3.61. The Balaban J connectivity index is 2.01. The highest BCUT2D eigenvalue weighted by Gasteiger charge is 2.67. The van der Waals surface area contributed by atoms with Crippen LogP contribution in [0.2, 0.25) is 0 Å². The van der Waals surface area contributed by atoms with Crippen molar-refractivity contribution < 1.29 is 5.11 Å². The predicted molar refractivity (Wildman–Crippen MR) is 66.1 cm³/mol. The van der Waals surface area contributed by atoms with Crippen molar-refractivity contribution in [1.82, 2.24) is 0 Å².